The van der Waals surface area contributed by atoms with Crippen LogP contribution in [0.4, 0.5) is 0 Å². The van der Waals surface area contributed by atoms with Gasteiger partial charge in [0.2, 0.25) is 0 Å². The molecule has 0 aliphatic carbocycles. The van der Waals surface area contributed by atoms with Crippen LogP contribution in [0.5, 0.6) is 17.2 Å². The third-order valence-electron chi connectivity index (χ3n) is 5.25. The van der Waals surface area contributed by atoms with Crippen LogP contribution in [0.2, 0.25) is 0 Å². The van der Waals surface area contributed by atoms with E-state index in [1.807, 2.05) is 41.3 Å². The van der Waals surface area contributed by atoms with Crippen LogP contribution in [0.25, 0.3) is 10.9 Å². The number of benzene rings is 2. The minimum absolute atomic E-state index is 0.0672. The second kappa shape index (κ2) is 8.90. The summed E-state index contributed by atoms with van der Waals surface area (Å²) in [5.74, 6) is 1.63. The predicted octanol–water partition coefficient (Wildman–Crippen LogP) is 4.63. The van der Waals surface area contributed by atoms with Crippen molar-refractivity contribution in [3.8, 4) is 17.2 Å². The molecule has 0 saturated carbocycles. The van der Waals surface area contributed by atoms with E-state index in [-0.39, 0.29) is 11.9 Å². The fourth-order valence-corrected chi connectivity index (χ4v) is 3.43. The van der Waals surface area contributed by atoms with Crippen molar-refractivity contribution in [1.29, 1.82) is 0 Å². The van der Waals surface area contributed by atoms with Crippen LogP contribution in [0, 0.1) is 0 Å². The van der Waals surface area contributed by atoms with E-state index < -0.39 is 0 Å². The standard InChI is InChI=1S/C23H28N2O4/c1-6-15(2)25(14-16-10-8-7-9-11-16)23(26)18-12-17-19(27-3)13-20(28-4)22(29-5)21(17)24-18/h7-13,15,24H,6,14H2,1-5H3. The molecular formula is C23H28N2O4. The predicted molar refractivity (Wildman–Crippen MR) is 114 cm³/mol. The Hall–Kier alpha value is -3.15. The molecule has 1 heterocycles. The van der Waals surface area contributed by atoms with Gasteiger partial charge >= 0.3 is 0 Å². The van der Waals surface area contributed by atoms with Crippen molar-refractivity contribution in [2.24, 2.45) is 0 Å². The van der Waals surface area contributed by atoms with Gasteiger partial charge in [0.05, 0.1) is 26.8 Å². The van der Waals surface area contributed by atoms with E-state index in [4.69, 9.17) is 14.2 Å². The minimum atomic E-state index is -0.0672. The molecule has 0 saturated heterocycles. The van der Waals surface area contributed by atoms with Gasteiger partial charge in [0, 0.05) is 24.0 Å². The second-order valence-corrected chi connectivity index (χ2v) is 6.96. The van der Waals surface area contributed by atoms with E-state index in [1.165, 1.54) is 0 Å². The van der Waals surface area contributed by atoms with E-state index >= 15 is 0 Å². The summed E-state index contributed by atoms with van der Waals surface area (Å²) in [4.78, 5) is 18.6. The van der Waals surface area contributed by atoms with Gasteiger partial charge in [0.15, 0.2) is 11.5 Å². The molecule has 1 N–H and O–H groups in total. The first-order chi connectivity index (χ1) is 14.0. The number of amides is 1. The molecule has 0 bridgehead atoms. The fraction of sp³-hybridized carbons (Fsp3) is 0.348. The zero-order valence-electron chi connectivity index (χ0n) is 17.6. The maximum atomic E-state index is 13.5. The molecular weight excluding hydrogens is 368 g/mol. The van der Waals surface area contributed by atoms with E-state index in [0.29, 0.717) is 35.0 Å². The number of hydrogen-bond donors (Lipinski definition) is 1. The lowest BCUT2D eigenvalue weighted by atomic mass is 10.1. The Balaban J connectivity index is 2.06. The maximum Gasteiger partial charge on any atom is 0.270 e. The Bertz CT molecular complexity index is 981. The van der Waals surface area contributed by atoms with Crippen molar-refractivity contribution in [3.05, 3.63) is 53.7 Å². The number of H-pyrrole nitrogens is 1. The van der Waals surface area contributed by atoms with Gasteiger partial charge in [-0.1, -0.05) is 37.3 Å². The van der Waals surface area contributed by atoms with Crippen LogP contribution >= 0.6 is 0 Å². The van der Waals surface area contributed by atoms with Crippen molar-refractivity contribution in [2.45, 2.75) is 32.9 Å². The summed E-state index contributed by atoms with van der Waals surface area (Å²) in [5, 5.41) is 0.775. The number of nitrogens with zero attached hydrogens (tertiary/aromatic N) is 1. The molecule has 0 aliphatic heterocycles. The molecule has 2 aromatic carbocycles. The third kappa shape index (κ3) is 4.01. The second-order valence-electron chi connectivity index (χ2n) is 6.96. The molecule has 3 aromatic rings. The summed E-state index contributed by atoms with van der Waals surface area (Å²) in [6, 6.07) is 13.7. The number of aromatic nitrogens is 1. The number of hydrogen-bond acceptors (Lipinski definition) is 4. The van der Waals surface area contributed by atoms with Crippen LogP contribution in [0.1, 0.15) is 36.3 Å². The Labute approximate surface area is 171 Å². The first kappa shape index (κ1) is 20.6. The highest BCUT2D eigenvalue weighted by atomic mass is 16.5. The van der Waals surface area contributed by atoms with E-state index in [9.17, 15) is 4.79 Å². The van der Waals surface area contributed by atoms with Crippen molar-refractivity contribution in [1.82, 2.24) is 9.88 Å². The molecule has 1 atom stereocenters. The van der Waals surface area contributed by atoms with Crippen LogP contribution in [-0.4, -0.2) is 43.2 Å². The topological polar surface area (TPSA) is 63.8 Å². The molecule has 1 unspecified atom stereocenters. The number of rotatable bonds is 8. The SMILES string of the molecule is CCC(C)N(Cc1ccccc1)C(=O)c1cc2c(OC)cc(OC)c(OC)c2[nH]1. The molecule has 0 spiro atoms. The largest absolute Gasteiger partial charge is 0.496 e. The Morgan fingerprint density at radius 2 is 1.72 bits per heavy atom. The van der Waals surface area contributed by atoms with Gasteiger partial charge in [-0.2, -0.15) is 0 Å². The highest BCUT2D eigenvalue weighted by molar-refractivity contribution is 6.02. The fourth-order valence-electron chi connectivity index (χ4n) is 3.43. The summed E-state index contributed by atoms with van der Waals surface area (Å²) < 4.78 is 16.5. The van der Waals surface area contributed by atoms with Crippen molar-refractivity contribution >= 4 is 16.8 Å². The van der Waals surface area contributed by atoms with E-state index in [0.717, 1.165) is 17.4 Å². The molecule has 0 aliphatic rings. The number of carbonyl (C=O) groups is 1. The summed E-state index contributed by atoms with van der Waals surface area (Å²) in [7, 11) is 4.74. The lowest BCUT2D eigenvalue weighted by Crippen LogP contribution is -2.38. The molecule has 0 fully saturated rings. The Kier molecular flexibility index (Phi) is 6.32. The minimum Gasteiger partial charge on any atom is -0.496 e. The monoisotopic (exact) mass is 396 g/mol. The van der Waals surface area contributed by atoms with Crippen LogP contribution < -0.4 is 14.2 Å². The molecule has 154 valence electrons. The normalized spacial score (nSPS) is 11.9. The maximum absolute atomic E-state index is 13.5. The number of fused-ring (bicyclic) bond motifs is 1. The van der Waals surface area contributed by atoms with Crippen LogP contribution in [0.15, 0.2) is 42.5 Å². The van der Waals surface area contributed by atoms with Gasteiger partial charge in [0.25, 0.3) is 5.91 Å². The number of nitrogens with one attached hydrogen (secondary N) is 1. The van der Waals surface area contributed by atoms with Crippen LogP contribution in [-0.2, 0) is 6.54 Å². The first-order valence-corrected chi connectivity index (χ1v) is 9.70. The van der Waals surface area contributed by atoms with Gasteiger partial charge in [-0.05, 0) is 25.0 Å². The van der Waals surface area contributed by atoms with Gasteiger partial charge in [0.1, 0.15) is 11.4 Å². The Morgan fingerprint density at radius 1 is 1.03 bits per heavy atom. The number of carbonyl (C=O) groups excluding carboxylic acids is 1. The quantitative estimate of drug-likeness (QED) is 0.603. The van der Waals surface area contributed by atoms with E-state index in [2.05, 4.69) is 18.8 Å². The van der Waals surface area contributed by atoms with Gasteiger partial charge in [-0.3, -0.25) is 4.79 Å². The smallest absolute Gasteiger partial charge is 0.270 e. The average molecular weight is 396 g/mol. The highest BCUT2D eigenvalue weighted by Gasteiger charge is 2.25. The molecule has 3 rings (SSSR count). The third-order valence-corrected chi connectivity index (χ3v) is 5.25. The van der Waals surface area contributed by atoms with Gasteiger partial charge in [-0.15, -0.1) is 0 Å². The van der Waals surface area contributed by atoms with E-state index in [1.54, 1.807) is 27.4 Å². The van der Waals surface area contributed by atoms with Gasteiger partial charge < -0.3 is 24.1 Å². The zero-order valence-corrected chi connectivity index (χ0v) is 17.6. The molecule has 6 heteroatoms. The van der Waals surface area contributed by atoms with Crippen molar-refractivity contribution < 1.29 is 19.0 Å². The van der Waals surface area contributed by atoms with Gasteiger partial charge in [-0.25, -0.2) is 0 Å². The number of aromatic amines is 1. The molecule has 29 heavy (non-hydrogen) atoms. The number of methoxy groups -OCH3 is 3. The highest BCUT2D eigenvalue weighted by Crippen LogP contribution is 2.41. The van der Waals surface area contributed by atoms with Crippen molar-refractivity contribution in [2.75, 3.05) is 21.3 Å². The van der Waals surface area contributed by atoms with Crippen LogP contribution in [0.3, 0.4) is 0 Å². The number of ether oxygens (including phenoxy) is 3. The molecule has 1 amide bonds. The summed E-state index contributed by atoms with van der Waals surface area (Å²) in [6.07, 6.45) is 0.860. The Morgan fingerprint density at radius 3 is 2.31 bits per heavy atom. The lowest BCUT2D eigenvalue weighted by molar-refractivity contribution is 0.0666. The van der Waals surface area contributed by atoms with Crippen molar-refractivity contribution in [3.63, 3.8) is 0 Å². The summed E-state index contributed by atoms with van der Waals surface area (Å²) in [5.41, 5.74) is 2.26. The molecule has 6 nitrogen and oxygen atoms in total. The summed E-state index contributed by atoms with van der Waals surface area (Å²) in [6.45, 7) is 4.69. The zero-order chi connectivity index (χ0) is 21.0. The lowest BCUT2D eigenvalue weighted by Gasteiger charge is -2.28. The average Bonchev–Trinajstić information content (AvgIpc) is 3.21. The summed E-state index contributed by atoms with van der Waals surface area (Å²) >= 11 is 0. The molecule has 0 radical (unpaired) electrons. The molecule has 1 aromatic heterocycles. The first-order valence-electron chi connectivity index (χ1n) is 9.70.